The van der Waals surface area contributed by atoms with Crippen LogP contribution in [0.1, 0.15) is 12.5 Å². The summed E-state index contributed by atoms with van der Waals surface area (Å²) in [4.78, 5) is 11.0. The van der Waals surface area contributed by atoms with Crippen LogP contribution in [-0.4, -0.2) is 18.6 Å². The number of hydrogen-bond acceptors (Lipinski definition) is 2. The Morgan fingerprint density at radius 1 is 1.26 bits per heavy atom. The third-order valence-electron chi connectivity index (χ3n) is 3.67. The van der Waals surface area contributed by atoms with Gasteiger partial charge in [0, 0.05) is 24.5 Å². The minimum Gasteiger partial charge on any atom is -0.487 e. The predicted molar refractivity (Wildman–Crippen MR) is 78.6 cm³/mol. The van der Waals surface area contributed by atoms with E-state index in [0.717, 1.165) is 18.2 Å². The van der Waals surface area contributed by atoms with Gasteiger partial charge in [0.1, 0.15) is 29.3 Å². The van der Waals surface area contributed by atoms with E-state index < -0.39 is 23.6 Å². The van der Waals surface area contributed by atoms with Crippen LogP contribution in [-0.2, 0) is 11.2 Å². The predicted octanol–water partition coefficient (Wildman–Crippen LogP) is 3.21. The highest BCUT2D eigenvalue weighted by Crippen LogP contribution is 2.41. The number of halogens is 3. The molecule has 3 rings (SSSR count). The van der Waals surface area contributed by atoms with Crippen molar-refractivity contribution in [1.82, 2.24) is 5.32 Å². The molecule has 1 heterocycles. The average Bonchev–Trinajstić information content (AvgIpc) is 2.87. The number of amides is 1. The van der Waals surface area contributed by atoms with E-state index in [2.05, 4.69) is 5.32 Å². The molecule has 0 radical (unpaired) electrons. The van der Waals surface area contributed by atoms with Crippen molar-refractivity contribution in [3.63, 3.8) is 0 Å². The molecule has 0 spiro atoms. The minimum atomic E-state index is -0.785. The second kappa shape index (κ2) is 5.95. The van der Waals surface area contributed by atoms with Crippen molar-refractivity contribution in [1.29, 1.82) is 0 Å². The zero-order chi connectivity index (χ0) is 16.6. The SMILES string of the molecule is CC(=O)NCC1Cc2cc(F)cc(-c3c(F)cccc3F)c2O1. The summed E-state index contributed by atoms with van der Waals surface area (Å²) >= 11 is 0. The van der Waals surface area contributed by atoms with Crippen molar-refractivity contribution < 1.29 is 22.7 Å². The molecule has 3 nitrogen and oxygen atoms in total. The van der Waals surface area contributed by atoms with Gasteiger partial charge in [0.25, 0.3) is 0 Å². The number of carbonyl (C=O) groups excluding carboxylic acids is 1. The minimum absolute atomic E-state index is 0.0425. The Balaban J connectivity index is 2.01. The summed E-state index contributed by atoms with van der Waals surface area (Å²) < 4.78 is 47.6. The van der Waals surface area contributed by atoms with Gasteiger partial charge in [0.15, 0.2) is 0 Å². The van der Waals surface area contributed by atoms with Gasteiger partial charge < -0.3 is 10.1 Å². The molecule has 0 saturated heterocycles. The van der Waals surface area contributed by atoms with Gasteiger partial charge in [-0.15, -0.1) is 0 Å². The van der Waals surface area contributed by atoms with E-state index in [1.807, 2.05) is 0 Å². The van der Waals surface area contributed by atoms with Crippen LogP contribution in [0.5, 0.6) is 5.75 Å². The van der Waals surface area contributed by atoms with Crippen molar-refractivity contribution in [2.45, 2.75) is 19.4 Å². The topological polar surface area (TPSA) is 38.3 Å². The summed E-state index contributed by atoms with van der Waals surface area (Å²) in [6, 6.07) is 5.81. The fourth-order valence-corrected chi connectivity index (χ4v) is 2.71. The lowest BCUT2D eigenvalue weighted by molar-refractivity contribution is -0.119. The van der Waals surface area contributed by atoms with E-state index in [0.29, 0.717) is 12.0 Å². The third-order valence-corrected chi connectivity index (χ3v) is 3.67. The smallest absolute Gasteiger partial charge is 0.217 e. The van der Waals surface area contributed by atoms with Gasteiger partial charge >= 0.3 is 0 Å². The molecule has 1 aliphatic rings. The monoisotopic (exact) mass is 321 g/mol. The molecule has 0 bridgehead atoms. The van der Waals surface area contributed by atoms with Crippen LogP contribution in [0.4, 0.5) is 13.2 Å². The molecule has 1 atom stereocenters. The number of benzene rings is 2. The first-order valence-electron chi connectivity index (χ1n) is 7.13. The van der Waals surface area contributed by atoms with Crippen molar-refractivity contribution in [3.05, 3.63) is 53.3 Å². The van der Waals surface area contributed by atoms with Crippen LogP contribution in [0.2, 0.25) is 0 Å². The van der Waals surface area contributed by atoms with Crippen LogP contribution in [0.3, 0.4) is 0 Å². The molecule has 0 saturated carbocycles. The Morgan fingerprint density at radius 3 is 2.61 bits per heavy atom. The largest absolute Gasteiger partial charge is 0.487 e. The number of fused-ring (bicyclic) bond motifs is 1. The molecule has 2 aromatic rings. The number of carbonyl (C=O) groups is 1. The highest BCUT2D eigenvalue weighted by atomic mass is 19.1. The normalized spacial score (nSPS) is 15.9. The molecule has 2 aromatic carbocycles. The zero-order valence-electron chi connectivity index (χ0n) is 12.3. The van der Waals surface area contributed by atoms with Gasteiger partial charge in [0.05, 0.1) is 12.1 Å². The Kier molecular flexibility index (Phi) is 3.98. The summed E-state index contributed by atoms with van der Waals surface area (Å²) in [6.07, 6.45) is -0.0412. The van der Waals surface area contributed by atoms with E-state index in [1.165, 1.54) is 19.1 Å². The summed E-state index contributed by atoms with van der Waals surface area (Å²) in [5.41, 5.74) is 0.252. The first kappa shape index (κ1) is 15.4. The lowest BCUT2D eigenvalue weighted by Gasteiger charge is -2.13. The Bertz CT molecular complexity index is 756. The number of hydrogen-bond donors (Lipinski definition) is 1. The molecule has 6 heteroatoms. The van der Waals surface area contributed by atoms with Crippen LogP contribution in [0.25, 0.3) is 11.1 Å². The average molecular weight is 321 g/mol. The summed E-state index contributed by atoms with van der Waals surface area (Å²) in [5, 5.41) is 2.61. The van der Waals surface area contributed by atoms with Gasteiger partial charge in [-0.1, -0.05) is 6.07 Å². The van der Waals surface area contributed by atoms with Crippen LogP contribution in [0, 0.1) is 17.5 Å². The molecular weight excluding hydrogens is 307 g/mol. The molecular formula is C17H14F3NO2. The maximum absolute atomic E-state index is 14.0. The quantitative estimate of drug-likeness (QED) is 0.943. The Labute approximate surface area is 131 Å². The van der Waals surface area contributed by atoms with Crippen molar-refractivity contribution in [2.24, 2.45) is 0 Å². The van der Waals surface area contributed by atoms with Gasteiger partial charge in [-0.25, -0.2) is 13.2 Å². The van der Waals surface area contributed by atoms with E-state index in [9.17, 15) is 18.0 Å². The standard InChI is InChI=1S/C17H14F3NO2/c1-9(22)21-8-12-6-10-5-11(18)7-13(17(10)23-12)16-14(19)3-2-4-15(16)20/h2-5,7,12H,6,8H2,1H3,(H,21,22). The molecule has 1 aliphatic heterocycles. The molecule has 0 aromatic heterocycles. The molecule has 0 fully saturated rings. The van der Waals surface area contributed by atoms with Gasteiger partial charge in [-0.05, 0) is 24.3 Å². The fraction of sp³-hybridized carbons (Fsp3) is 0.235. The lowest BCUT2D eigenvalue weighted by atomic mass is 9.99. The van der Waals surface area contributed by atoms with Gasteiger partial charge in [0.2, 0.25) is 5.91 Å². The fourth-order valence-electron chi connectivity index (χ4n) is 2.71. The maximum atomic E-state index is 14.0. The highest BCUT2D eigenvalue weighted by molar-refractivity contribution is 5.75. The third kappa shape index (κ3) is 3.02. The molecule has 120 valence electrons. The van der Waals surface area contributed by atoms with Crippen LogP contribution >= 0.6 is 0 Å². The van der Waals surface area contributed by atoms with Gasteiger partial charge in [-0.2, -0.15) is 0 Å². The van der Waals surface area contributed by atoms with E-state index >= 15 is 0 Å². The second-order valence-corrected chi connectivity index (χ2v) is 5.42. The van der Waals surface area contributed by atoms with Crippen LogP contribution < -0.4 is 10.1 Å². The molecule has 0 aliphatic carbocycles. The summed E-state index contributed by atoms with van der Waals surface area (Å²) in [5.74, 6) is -2.12. The molecule has 1 unspecified atom stereocenters. The lowest BCUT2D eigenvalue weighted by Crippen LogP contribution is -2.32. The summed E-state index contributed by atoms with van der Waals surface area (Å²) in [6.45, 7) is 1.62. The zero-order valence-corrected chi connectivity index (χ0v) is 12.3. The first-order valence-corrected chi connectivity index (χ1v) is 7.13. The van der Waals surface area contributed by atoms with E-state index in [4.69, 9.17) is 4.74 Å². The number of ether oxygens (including phenoxy) is 1. The summed E-state index contributed by atoms with van der Waals surface area (Å²) in [7, 11) is 0. The Hall–Kier alpha value is -2.50. The van der Waals surface area contributed by atoms with Crippen molar-refractivity contribution >= 4 is 5.91 Å². The second-order valence-electron chi connectivity index (χ2n) is 5.42. The van der Waals surface area contributed by atoms with Crippen LogP contribution in [0.15, 0.2) is 30.3 Å². The van der Waals surface area contributed by atoms with Gasteiger partial charge in [-0.3, -0.25) is 4.79 Å². The van der Waals surface area contributed by atoms with E-state index in [-0.39, 0.29) is 29.3 Å². The van der Waals surface area contributed by atoms with Crippen molar-refractivity contribution in [3.8, 4) is 16.9 Å². The number of nitrogens with one attached hydrogen (secondary N) is 1. The Morgan fingerprint density at radius 2 is 1.96 bits per heavy atom. The molecule has 1 N–H and O–H groups in total. The maximum Gasteiger partial charge on any atom is 0.217 e. The molecule has 1 amide bonds. The van der Waals surface area contributed by atoms with Crippen molar-refractivity contribution in [2.75, 3.05) is 6.54 Å². The first-order chi connectivity index (χ1) is 11.0. The molecule has 23 heavy (non-hydrogen) atoms. The highest BCUT2D eigenvalue weighted by Gasteiger charge is 2.29. The van der Waals surface area contributed by atoms with E-state index in [1.54, 1.807) is 0 Å². The number of rotatable bonds is 3.